The molecule has 0 aromatic heterocycles. The predicted octanol–water partition coefficient (Wildman–Crippen LogP) is 3.93. The summed E-state index contributed by atoms with van der Waals surface area (Å²) in [6.45, 7) is 1.95. The molecule has 0 saturated heterocycles. The number of halogens is 1. The number of nitrogens with two attached hydrogens (primary N) is 1. The number of benzene rings is 2. The average molecular weight is 269 g/mol. The second-order valence-corrected chi connectivity index (χ2v) is 5.90. The first-order valence-corrected chi connectivity index (χ1v) is 7.24. The third kappa shape index (κ3) is 2.36. The third-order valence-corrected chi connectivity index (χ3v) is 4.37. The van der Waals surface area contributed by atoms with Gasteiger partial charge < -0.3 is 5.73 Å². The maximum absolute atomic E-state index is 13.4. The van der Waals surface area contributed by atoms with E-state index < -0.39 is 5.54 Å². The van der Waals surface area contributed by atoms with E-state index in [4.69, 9.17) is 5.73 Å². The first-order valence-electron chi connectivity index (χ1n) is 7.24. The molecule has 0 fully saturated rings. The van der Waals surface area contributed by atoms with Crippen LogP contribution in [0.4, 0.5) is 4.39 Å². The molecule has 0 saturated carbocycles. The van der Waals surface area contributed by atoms with Gasteiger partial charge in [0, 0.05) is 0 Å². The van der Waals surface area contributed by atoms with Crippen LogP contribution in [0.2, 0.25) is 0 Å². The molecule has 1 atom stereocenters. The molecule has 1 nitrogen and oxygen atoms in total. The molecule has 3 rings (SSSR count). The lowest BCUT2D eigenvalue weighted by molar-refractivity contribution is 0.579. The molecule has 2 aromatic rings. The van der Waals surface area contributed by atoms with Gasteiger partial charge in [-0.05, 0) is 67.0 Å². The van der Waals surface area contributed by atoms with E-state index in [9.17, 15) is 4.39 Å². The Morgan fingerprint density at radius 3 is 2.40 bits per heavy atom. The van der Waals surface area contributed by atoms with Crippen molar-refractivity contribution in [1.82, 2.24) is 0 Å². The predicted molar refractivity (Wildman–Crippen MR) is 80.1 cm³/mol. The maximum Gasteiger partial charge on any atom is 0.123 e. The summed E-state index contributed by atoms with van der Waals surface area (Å²) in [7, 11) is 0. The van der Waals surface area contributed by atoms with Gasteiger partial charge in [0.25, 0.3) is 0 Å². The van der Waals surface area contributed by atoms with Crippen molar-refractivity contribution in [3.8, 4) is 0 Å². The first-order chi connectivity index (χ1) is 9.57. The molecule has 0 bridgehead atoms. The molecule has 0 heterocycles. The monoisotopic (exact) mass is 269 g/mol. The van der Waals surface area contributed by atoms with E-state index in [1.807, 2.05) is 13.0 Å². The van der Waals surface area contributed by atoms with Gasteiger partial charge in [-0.15, -0.1) is 0 Å². The van der Waals surface area contributed by atoms with Gasteiger partial charge in [0.1, 0.15) is 5.82 Å². The fourth-order valence-corrected chi connectivity index (χ4v) is 3.03. The lowest BCUT2D eigenvalue weighted by Gasteiger charge is -2.28. The Morgan fingerprint density at radius 2 is 1.65 bits per heavy atom. The van der Waals surface area contributed by atoms with E-state index in [2.05, 4.69) is 18.2 Å². The molecule has 0 amide bonds. The molecular formula is C18H20FN. The summed E-state index contributed by atoms with van der Waals surface area (Å²) >= 11 is 0. The largest absolute Gasteiger partial charge is 0.318 e. The summed E-state index contributed by atoms with van der Waals surface area (Å²) in [6.07, 6.45) is 4.81. The van der Waals surface area contributed by atoms with Crippen LogP contribution in [0.1, 0.15) is 42.0 Å². The van der Waals surface area contributed by atoms with Crippen molar-refractivity contribution >= 4 is 0 Å². The molecule has 2 heteroatoms. The normalized spacial score (nSPS) is 17.4. The smallest absolute Gasteiger partial charge is 0.123 e. The zero-order chi connectivity index (χ0) is 14.2. The number of fused-ring (bicyclic) bond motifs is 1. The molecule has 20 heavy (non-hydrogen) atoms. The molecule has 2 N–H and O–H groups in total. The third-order valence-electron chi connectivity index (χ3n) is 4.37. The molecule has 1 unspecified atom stereocenters. The van der Waals surface area contributed by atoms with Gasteiger partial charge >= 0.3 is 0 Å². The van der Waals surface area contributed by atoms with Crippen LogP contribution in [0.15, 0.2) is 42.5 Å². The number of rotatable bonds is 2. The Morgan fingerprint density at radius 1 is 0.950 bits per heavy atom. The standard InChI is InChI=1S/C18H20FN/c1-18(20,15-7-4-8-17(19)12-15)16-10-9-13-5-2-3-6-14(13)11-16/h4,7-12H,2-3,5-6,20H2,1H3. The second kappa shape index (κ2) is 5.02. The Hall–Kier alpha value is -1.67. The van der Waals surface area contributed by atoms with Gasteiger partial charge in [-0.3, -0.25) is 0 Å². The average Bonchev–Trinajstić information content (AvgIpc) is 2.46. The minimum atomic E-state index is -0.658. The van der Waals surface area contributed by atoms with Gasteiger partial charge in [-0.25, -0.2) is 4.39 Å². The second-order valence-electron chi connectivity index (χ2n) is 5.90. The van der Waals surface area contributed by atoms with Crippen molar-refractivity contribution in [3.63, 3.8) is 0 Å². The Labute approximate surface area is 119 Å². The highest BCUT2D eigenvalue weighted by Gasteiger charge is 2.25. The molecule has 104 valence electrons. The van der Waals surface area contributed by atoms with E-state index in [0.29, 0.717) is 0 Å². The molecule has 1 aliphatic carbocycles. The molecule has 0 radical (unpaired) electrons. The van der Waals surface area contributed by atoms with Crippen LogP contribution < -0.4 is 5.73 Å². The summed E-state index contributed by atoms with van der Waals surface area (Å²) < 4.78 is 13.4. The lowest BCUT2D eigenvalue weighted by Crippen LogP contribution is -2.34. The summed E-state index contributed by atoms with van der Waals surface area (Å²) in [6, 6.07) is 13.1. The van der Waals surface area contributed by atoms with E-state index in [1.54, 1.807) is 6.07 Å². The zero-order valence-corrected chi connectivity index (χ0v) is 11.8. The zero-order valence-electron chi connectivity index (χ0n) is 11.8. The summed E-state index contributed by atoms with van der Waals surface area (Å²) in [5.74, 6) is -0.239. The van der Waals surface area contributed by atoms with Crippen LogP contribution >= 0.6 is 0 Å². The van der Waals surface area contributed by atoms with Crippen molar-refractivity contribution in [2.45, 2.75) is 38.1 Å². The van der Waals surface area contributed by atoms with Gasteiger partial charge in [0.05, 0.1) is 5.54 Å². The molecule has 0 spiro atoms. The number of hydrogen-bond donors (Lipinski definition) is 1. The molecular weight excluding hydrogens is 249 g/mol. The Bertz CT molecular complexity index is 631. The van der Waals surface area contributed by atoms with Gasteiger partial charge in [-0.2, -0.15) is 0 Å². The quantitative estimate of drug-likeness (QED) is 0.878. The minimum Gasteiger partial charge on any atom is -0.318 e. The van der Waals surface area contributed by atoms with Crippen molar-refractivity contribution in [2.75, 3.05) is 0 Å². The number of hydrogen-bond acceptors (Lipinski definition) is 1. The van der Waals surface area contributed by atoms with E-state index in [-0.39, 0.29) is 5.82 Å². The van der Waals surface area contributed by atoms with Crippen molar-refractivity contribution in [3.05, 3.63) is 70.5 Å². The summed E-state index contributed by atoms with van der Waals surface area (Å²) in [5.41, 5.74) is 10.6. The summed E-state index contributed by atoms with van der Waals surface area (Å²) in [5, 5.41) is 0. The fourth-order valence-electron chi connectivity index (χ4n) is 3.03. The summed E-state index contributed by atoms with van der Waals surface area (Å²) in [4.78, 5) is 0. The van der Waals surface area contributed by atoms with Crippen LogP contribution in [0, 0.1) is 5.82 Å². The highest BCUT2D eigenvalue weighted by molar-refractivity contribution is 5.42. The minimum absolute atomic E-state index is 0.239. The van der Waals surface area contributed by atoms with Crippen LogP contribution in [-0.2, 0) is 18.4 Å². The van der Waals surface area contributed by atoms with E-state index in [1.165, 1.54) is 36.1 Å². The topological polar surface area (TPSA) is 26.0 Å². The maximum atomic E-state index is 13.4. The van der Waals surface area contributed by atoms with E-state index >= 15 is 0 Å². The Kier molecular flexibility index (Phi) is 3.35. The number of aryl methyl sites for hydroxylation is 2. The van der Waals surface area contributed by atoms with Crippen molar-refractivity contribution in [1.29, 1.82) is 0 Å². The van der Waals surface area contributed by atoms with Crippen LogP contribution in [-0.4, -0.2) is 0 Å². The van der Waals surface area contributed by atoms with Crippen LogP contribution in [0.3, 0.4) is 0 Å². The molecule has 2 aromatic carbocycles. The van der Waals surface area contributed by atoms with Gasteiger partial charge in [0.2, 0.25) is 0 Å². The first kappa shape index (κ1) is 13.3. The molecule has 1 aliphatic rings. The van der Waals surface area contributed by atoms with Crippen LogP contribution in [0.25, 0.3) is 0 Å². The van der Waals surface area contributed by atoms with E-state index in [0.717, 1.165) is 24.0 Å². The molecule has 0 aliphatic heterocycles. The van der Waals surface area contributed by atoms with Crippen molar-refractivity contribution < 1.29 is 4.39 Å². The van der Waals surface area contributed by atoms with Crippen LogP contribution in [0.5, 0.6) is 0 Å². The highest BCUT2D eigenvalue weighted by Crippen LogP contribution is 2.30. The van der Waals surface area contributed by atoms with Gasteiger partial charge in [-0.1, -0.05) is 30.3 Å². The fraction of sp³-hybridized carbons (Fsp3) is 0.333. The lowest BCUT2D eigenvalue weighted by atomic mass is 9.82. The van der Waals surface area contributed by atoms with Crippen molar-refractivity contribution in [2.24, 2.45) is 5.73 Å². The van der Waals surface area contributed by atoms with Gasteiger partial charge in [0.15, 0.2) is 0 Å². The Balaban J connectivity index is 2.02. The highest BCUT2D eigenvalue weighted by atomic mass is 19.1. The SMILES string of the molecule is CC(N)(c1cccc(F)c1)c1ccc2c(c1)CCCC2.